The maximum absolute atomic E-state index is 12.6. The number of fused-ring (bicyclic) bond motifs is 1. The molecule has 1 fully saturated rings. The normalized spacial score (nSPS) is 14.0. The quantitative estimate of drug-likeness (QED) is 0.258. The molecule has 10 heteroatoms. The van der Waals surface area contributed by atoms with Crippen molar-refractivity contribution >= 4 is 34.1 Å². The van der Waals surface area contributed by atoms with Crippen LogP contribution in [0.3, 0.4) is 0 Å². The molecule has 2 aromatic heterocycles. The van der Waals surface area contributed by atoms with Crippen LogP contribution >= 0.6 is 0 Å². The minimum absolute atomic E-state index is 0.137. The Morgan fingerprint density at radius 2 is 1.88 bits per heavy atom. The first-order chi connectivity index (χ1) is 19.7. The van der Waals surface area contributed by atoms with Crippen LogP contribution in [0.15, 0.2) is 61.1 Å². The predicted octanol–water partition coefficient (Wildman–Crippen LogP) is 5.14. The van der Waals surface area contributed by atoms with Crippen LogP contribution in [0.2, 0.25) is 0 Å². The SMILES string of the molecule is Cc1cc(Nc2ncnc3cnc(NCCN4CCOCC4)cc23)ccc1Oc1cccc(C(=O)NC(C)(C)C)c1. The summed E-state index contributed by atoms with van der Waals surface area (Å²) in [5, 5.41) is 10.7. The minimum atomic E-state index is -0.319. The smallest absolute Gasteiger partial charge is 0.251 e. The second kappa shape index (κ2) is 12.5. The fourth-order valence-corrected chi connectivity index (χ4v) is 4.54. The first-order valence-corrected chi connectivity index (χ1v) is 13.9. The zero-order chi connectivity index (χ0) is 28.8. The van der Waals surface area contributed by atoms with E-state index in [1.165, 1.54) is 6.33 Å². The molecular formula is C31H37N7O3. The van der Waals surface area contributed by atoms with Gasteiger partial charge in [0.1, 0.15) is 29.5 Å². The topological polar surface area (TPSA) is 114 Å². The van der Waals surface area contributed by atoms with Crippen molar-refractivity contribution in [2.24, 2.45) is 0 Å². The summed E-state index contributed by atoms with van der Waals surface area (Å²) >= 11 is 0. The Bertz CT molecular complexity index is 1510. The van der Waals surface area contributed by atoms with Crippen LogP contribution in [0.1, 0.15) is 36.7 Å². The van der Waals surface area contributed by atoms with Gasteiger partial charge < -0.3 is 25.4 Å². The van der Waals surface area contributed by atoms with E-state index in [1.54, 1.807) is 18.3 Å². The molecule has 1 amide bonds. The van der Waals surface area contributed by atoms with Gasteiger partial charge in [-0.15, -0.1) is 0 Å². The number of aryl methyl sites for hydroxylation is 1. The number of aromatic nitrogens is 3. The van der Waals surface area contributed by atoms with Gasteiger partial charge >= 0.3 is 0 Å². The van der Waals surface area contributed by atoms with E-state index >= 15 is 0 Å². The summed E-state index contributed by atoms with van der Waals surface area (Å²) in [6.45, 7) is 13.1. The Kier molecular flexibility index (Phi) is 8.61. The Hall–Kier alpha value is -4.28. The lowest BCUT2D eigenvalue weighted by atomic mass is 10.1. The summed E-state index contributed by atoms with van der Waals surface area (Å²) in [6, 6.07) is 15.0. The number of hydrogen-bond donors (Lipinski definition) is 3. The number of anilines is 3. The number of carbonyl (C=O) groups is 1. The van der Waals surface area contributed by atoms with Gasteiger partial charge in [-0.2, -0.15) is 0 Å². The lowest BCUT2D eigenvalue weighted by Gasteiger charge is -2.26. The molecule has 1 saturated heterocycles. The van der Waals surface area contributed by atoms with E-state index in [-0.39, 0.29) is 11.4 Å². The summed E-state index contributed by atoms with van der Waals surface area (Å²) in [7, 11) is 0. The van der Waals surface area contributed by atoms with Crippen molar-refractivity contribution in [2.75, 3.05) is 50.0 Å². The molecule has 214 valence electrons. The molecule has 0 radical (unpaired) electrons. The predicted molar refractivity (Wildman–Crippen MR) is 161 cm³/mol. The van der Waals surface area contributed by atoms with Crippen molar-refractivity contribution in [3.8, 4) is 11.5 Å². The number of nitrogens with zero attached hydrogens (tertiary/aromatic N) is 4. The summed E-state index contributed by atoms with van der Waals surface area (Å²) in [4.78, 5) is 28.4. The second-order valence-corrected chi connectivity index (χ2v) is 11.1. The molecule has 1 aliphatic heterocycles. The summed E-state index contributed by atoms with van der Waals surface area (Å²) in [5.41, 5.74) is 2.79. The third-order valence-electron chi connectivity index (χ3n) is 6.61. The monoisotopic (exact) mass is 555 g/mol. The van der Waals surface area contributed by atoms with Crippen LogP contribution in [-0.4, -0.2) is 70.7 Å². The number of carbonyl (C=O) groups excluding carboxylic acids is 1. The highest BCUT2D eigenvalue weighted by Gasteiger charge is 2.16. The molecule has 10 nitrogen and oxygen atoms in total. The lowest BCUT2D eigenvalue weighted by Crippen LogP contribution is -2.40. The van der Waals surface area contributed by atoms with Gasteiger partial charge in [0.2, 0.25) is 0 Å². The molecule has 0 spiro atoms. The fourth-order valence-electron chi connectivity index (χ4n) is 4.54. The molecule has 0 unspecified atom stereocenters. The number of ether oxygens (including phenoxy) is 2. The average molecular weight is 556 g/mol. The molecule has 1 aliphatic rings. The molecule has 0 saturated carbocycles. The minimum Gasteiger partial charge on any atom is -0.457 e. The van der Waals surface area contributed by atoms with Gasteiger partial charge in [-0.05, 0) is 75.7 Å². The van der Waals surface area contributed by atoms with Crippen molar-refractivity contribution in [2.45, 2.75) is 33.2 Å². The van der Waals surface area contributed by atoms with Crippen LogP contribution in [0.5, 0.6) is 11.5 Å². The molecule has 5 rings (SSSR count). The molecule has 41 heavy (non-hydrogen) atoms. The van der Waals surface area contributed by atoms with Gasteiger partial charge in [0.25, 0.3) is 5.91 Å². The average Bonchev–Trinajstić information content (AvgIpc) is 2.95. The van der Waals surface area contributed by atoms with Crippen molar-refractivity contribution in [1.29, 1.82) is 0 Å². The van der Waals surface area contributed by atoms with Crippen molar-refractivity contribution in [3.63, 3.8) is 0 Å². The van der Waals surface area contributed by atoms with E-state index in [2.05, 4.69) is 35.8 Å². The van der Waals surface area contributed by atoms with E-state index in [0.29, 0.717) is 22.9 Å². The third kappa shape index (κ3) is 7.68. The second-order valence-electron chi connectivity index (χ2n) is 11.1. The Morgan fingerprint density at radius 1 is 1.05 bits per heavy atom. The fraction of sp³-hybridized carbons (Fsp3) is 0.355. The maximum Gasteiger partial charge on any atom is 0.251 e. The molecule has 3 heterocycles. The Balaban J connectivity index is 1.26. The molecule has 2 aromatic carbocycles. The molecule has 0 bridgehead atoms. The van der Waals surface area contributed by atoms with E-state index in [4.69, 9.17) is 9.47 Å². The number of amides is 1. The number of pyridine rings is 1. The number of hydrogen-bond acceptors (Lipinski definition) is 9. The van der Waals surface area contributed by atoms with Crippen LogP contribution in [-0.2, 0) is 4.74 Å². The van der Waals surface area contributed by atoms with E-state index in [9.17, 15) is 4.79 Å². The summed E-state index contributed by atoms with van der Waals surface area (Å²) in [5.74, 6) is 2.63. The van der Waals surface area contributed by atoms with E-state index < -0.39 is 0 Å². The lowest BCUT2D eigenvalue weighted by molar-refractivity contribution is 0.0398. The van der Waals surface area contributed by atoms with Gasteiger partial charge in [-0.3, -0.25) is 9.69 Å². The van der Waals surface area contributed by atoms with Crippen LogP contribution in [0.25, 0.3) is 10.9 Å². The standard InChI is InChI=1S/C31H37N7O3/c1-21-16-23(8-9-27(21)41-24-7-5-6-22(17-24)30(39)37-31(2,3)4)36-29-25-18-28(33-19-26(25)34-20-35-29)32-10-11-38-12-14-40-15-13-38/h5-9,16-20H,10-15H2,1-4H3,(H,32,33)(H,37,39)(H,34,35,36). The Morgan fingerprint density at radius 3 is 2.66 bits per heavy atom. The number of nitrogens with one attached hydrogen (secondary N) is 3. The number of benzene rings is 2. The van der Waals surface area contributed by atoms with Gasteiger partial charge in [-0.25, -0.2) is 15.0 Å². The highest BCUT2D eigenvalue weighted by Crippen LogP contribution is 2.30. The van der Waals surface area contributed by atoms with Crippen molar-refractivity contribution < 1.29 is 14.3 Å². The van der Waals surface area contributed by atoms with Gasteiger partial charge in [0.15, 0.2) is 0 Å². The molecular weight excluding hydrogens is 518 g/mol. The van der Waals surface area contributed by atoms with Crippen molar-refractivity contribution in [3.05, 3.63) is 72.2 Å². The van der Waals surface area contributed by atoms with E-state index in [0.717, 1.165) is 67.4 Å². The third-order valence-corrected chi connectivity index (χ3v) is 6.61. The molecule has 0 atom stereocenters. The number of rotatable bonds is 9. The van der Waals surface area contributed by atoms with Crippen LogP contribution < -0.4 is 20.7 Å². The maximum atomic E-state index is 12.6. The van der Waals surface area contributed by atoms with Gasteiger partial charge in [0.05, 0.1) is 24.9 Å². The first-order valence-electron chi connectivity index (χ1n) is 13.9. The largest absolute Gasteiger partial charge is 0.457 e. The molecule has 3 N–H and O–H groups in total. The zero-order valence-corrected chi connectivity index (χ0v) is 24.0. The van der Waals surface area contributed by atoms with Crippen LogP contribution in [0, 0.1) is 6.92 Å². The summed E-state index contributed by atoms with van der Waals surface area (Å²) in [6.07, 6.45) is 3.29. The van der Waals surface area contributed by atoms with Crippen LogP contribution in [0.4, 0.5) is 17.3 Å². The Labute approximate surface area is 240 Å². The van der Waals surface area contributed by atoms with Gasteiger partial charge in [-0.1, -0.05) is 6.07 Å². The zero-order valence-electron chi connectivity index (χ0n) is 24.0. The highest BCUT2D eigenvalue weighted by molar-refractivity contribution is 5.95. The first kappa shape index (κ1) is 28.3. The number of morpholine rings is 1. The highest BCUT2D eigenvalue weighted by atomic mass is 16.5. The van der Waals surface area contributed by atoms with E-state index in [1.807, 2.05) is 64.1 Å². The molecule has 0 aliphatic carbocycles. The van der Waals surface area contributed by atoms with Gasteiger partial charge in [0, 0.05) is 48.4 Å². The van der Waals surface area contributed by atoms with Crippen molar-refractivity contribution in [1.82, 2.24) is 25.2 Å². The molecule has 4 aromatic rings. The summed E-state index contributed by atoms with van der Waals surface area (Å²) < 4.78 is 11.6.